The first-order valence-electron chi connectivity index (χ1n) is 8.38. The van der Waals surface area contributed by atoms with Crippen molar-refractivity contribution in [3.05, 3.63) is 48.0 Å². The molecule has 1 amide bonds. The highest BCUT2D eigenvalue weighted by Crippen LogP contribution is 2.33. The first-order valence-corrected chi connectivity index (χ1v) is 9.20. The fourth-order valence-corrected chi connectivity index (χ4v) is 4.36. The van der Waals surface area contributed by atoms with E-state index in [1.54, 1.807) is 23.9 Å². The number of thiazole rings is 1. The van der Waals surface area contributed by atoms with Crippen molar-refractivity contribution in [1.82, 2.24) is 19.4 Å². The van der Waals surface area contributed by atoms with E-state index in [-0.39, 0.29) is 5.91 Å². The summed E-state index contributed by atoms with van der Waals surface area (Å²) in [6.45, 7) is 2.36. The standard InChI is InChI=1S/C18H20N4OS/c23-17(7-10-21-11-8-19-13-21)22-9-3-4-14(12-22)18-20-15-5-1-2-6-16(15)24-18/h1-2,5-6,8,11,13-14H,3-4,7,9-10,12H2. The Morgan fingerprint density at radius 1 is 1.33 bits per heavy atom. The molecule has 24 heavy (non-hydrogen) atoms. The first kappa shape index (κ1) is 15.3. The molecule has 1 aromatic carbocycles. The van der Waals surface area contributed by atoms with Gasteiger partial charge in [-0.2, -0.15) is 0 Å². The largest absolute Gasteiger partial charge is 0.342 e. The maximum absolute atomic E-state index is 12.5. The molecule has 2 aromatic heterocycles. The number of carbonyl (C=O) groups excluding carboxylic acids is 1. The summed E-state index contributed by atoms with van der Waals surface area (Å²) in [6, 6.07) is 8.26. The van der Waals surface area contributed by atoms with Gasteiger partial charge in [0, 0.05) is 44.4 Å². The predicted octanol–water partition coefficient (Wildman–Crippen LogP) is 3.29. The van der Waals surface area contributed by atoms with E-state index in [9.17, 15) is 4.79 Å². The van der Waals surface area contributed by atoms with Gasteiger partial charge in [0.1, 0.15) is 0 Å². The number of likely N-dealkylation sites (tertiary alicyclic amines) is 1. The number of fused-ring (bicyclic) bond motifs is 1. The molecular weight excluding hydrogens is 320 g/mol. The summed E-state index contributed by atoms with van der Waals surface area (Å²) in [4.78, 5) is 23.3. The third-order valence-corrected chi connectivity index (χ3v) is 5.78. The molecule has 1 unspecified atom stereocenters. The number of para-hydroxylation sites is 1. The lowest BCUT2D eigenvalue weighted by Crippen LogP contribution is -2.39. The third-order valence-electron chi connectivity index (χ3n) is 4.58. The normalized spacial score (nSPS) is 18.2. The number of hydrogen-bond donors (Lipinski definition) is 0. The Kier molecular flexibility index (Phi) is 4.30. The molecule has 0 N–H and O–H groups in total. The number of aryl methyl sites for hydroxylation is 1. The number of aromatic nitrogens is 3. The van der Waals surface area contributed by atoms with E-state index in [1.165, 1.54) is 9.71 Å². The summed E-state index contributed by atoms with van der Waals surface area (Å²) >= 11 is 1.77. The monoisotopic (exact) mass is 340 g/mol. The van der Waals surface area contributed by atoms with Crippen LogP contribution in [0.25, 0.3) is 10.2 Å². The van der Waals surface area contributed by atoms with Crippen molar-refractivity contribution in [1.29, 1.82) is 0 Å². The zero-order valence-electron chi connectivity index (χ0n) is 13.5. The van der Waals surface area contributed by atoms with Crippen LogP contribution in [0, 0.1) is 0 Å². The number of hydrogen-bond acceptors (Lipinski definition) is 4. The van der Waals surface area contributed by atoms with Crippen LogP contribution in [0.15, 0.2) is 43.0 Å². The molecule has 1 aliphatic heterocycles. The van der Waals surface area contributed by atoms with Gasteiger partial charge in [-0.1, -0.05) is 12.1 Å². The Morgan fingerprint density at radius 3 is 3.08 bits per heavy atom. The molecule has 5 nitrogen and oxygen atoms in total. The maximum Gasteiger partial charge on any atom is 0.224 e. The van der Waals surface area contributed by atoms with Crippen molar-refractivity contribution in [3.63, 3.8) is 0 Å². The summed E-state index contributed by atoms with van der Waals surface area (Å²) in [5.74, 6) is 0.600. The van der Waals surface area contributed by atoms with Gasteiger partial charge in [-0.15, -0.1) is 11.3 Å². The quantitative estimate of drug-likeness (QED) is 0.732. The fourth-order valence-electron chi connectivity index (χ4n) is 3.27. The van der Waals surface area contributed by atoms with Crippen LogP contribution in [0.3, 0.4) is 0 Å². The van der Waals surface area contributed by atoms with Crippen LogP contribution in [0.1, 0.15) is 30.2 Å². The minimum atomic E-state index is 0.231. The molecule has 3 heterocycles. The number of imidazole rings is 1. The lowest BCUT2D eigenvalue weighted by molar-refractivity contribution is -0.132. The smallest absolute Gasteiger partial charge is 0.224 e. The molecule has 1 saturated heterocycles. The fraction of sp³-hybridized carbons (Fsp3) is 0.389. The highest BCUT2D eigenvalue weighted by molar-refractivity contribution is 7.18. The van der Waals surface area contributed by atoms with Crippen molar-refractivity contribution in [3.8, 4) is 0 Å². The molecule has 1 atom stereocenters. The SMILES string of the molecule is O=C(CCn1ccnc1)N1CCCC(c2nc3ccccc3s2)C1. The Balaban J connectivity index is 1.42. The Bertz CT molecular complexity index is 794. The van der Waals surface area contributed by atoms with Gasteiger partial charge in [0.2, 0.25) is 5.91 Å². The summed E-state index contributed by atoms with van der Waals surface area (Å²) in [5.41, 5.74) is 1.07. The van der Waals surface area contributed by atoms with E-state index in [2.05, 4.69) is 23.2 Å². The molecule has 0 bridgehead atoms. The highest BCUT2D eigenvalue weighted by atomic mass is 32.1. The van der Waals surface area contributed by atoms with Gasteiger partial charge in [-0.05, 0) is 25.0 Å². The second kappa shape index (κ2) is 6.73. The van der Waals surface area contributed by atoms with Crippen LogP contribution in [-0.4, -0.2) is 38.4 Å². The van der Waals surface area contributed by atoms with E-state index in [0.717, 1.165) is 31.4 Å². The average Bonchev–Trinajstić information content (AvgIpc) is 3.29. The first-order chi connectivity index (χ1) is 11.8. The maximum atomic E-state index is 12.5. The van der Waals surface area contributed by atoms with Gasteiger partial charge in [-0.25, -0.2) is 9.97 Å². The van der Waals surface area contributed by atoms with Gasteiger partial charge in [0.05, 0.1) is 21.6 Å². The van der Waals surface area contributed by atoms with Crippen LogP contribution >= 0.6 is 11.3 Å². The minimum absolute atomic E-state index is 0.231. The molecule has 4 rings (SSSR count). The van der Waals surface area contributed by atoms with E-state index in [4.69, 9.17) is 4.98 Å². The summed E-state index contributed by atoms with van der Waals surface area (Å²) in [7, 11) is 0. The average molecular weight is 340 g/mol. The van der Waals surface area contributed by atoms with E-state index in [1.807, 2.05) is 21.7 Å². The van der Waals surface area contributed by atoms with E-state index in [0.29, 0.717) is 18.9 Å². The Labute approximate surface area is 145 Å². The number of piperidine rings is 1. The predicted molar refractivity (Wildman–Crippen MR) is 95.0 cm³/mol. The van der Waals surface area contributed by atoms with Gasteiger partial charge >= 0.3 is 0 Å². The second-order valence-electron chi connectivity index (χ2n) is 6.25. The minimum Gasteiger partial charge on any atom is -0.342 e. The number of amides is 1. The zero-order chi connectivity index (χ0) is 16.4. The molecule has 1 fully saturated rings. The van der Waals surface area contributed by atoms with Gasteiger partial charge in [0.25, 0.3) is 0 Å². The molecular formula is C18H20N4OS. The van der Waals surface area contributed by atoms with Gasteiger partial charge in [0.15, 0.2) is 0 Å². The van der Waals surface area contributed by atoms with Crippen molar-refractivity contribution in [2.45, 2.75) is 31.7 Å². The van der Waals surface area contributed by atoms with Crippen LogP contribution in [0.5, 0.6) is 0 Å². The highest BCUT2D eigenvalue weighted by Gasteiger charge is 2.26. The topological polar surface area (TPSA) is 51.0 Å². The summed E-state index contributed by atoms with van der Waals surface area (Å²) < 4.78 is 3.18. The molecule has 6 heteroatoms. The second-order valence-corrected chi connectivity index (χ2v) is 7.31. The van der Waals surface area contributed by atoms with Crippen LogP contribution in [0.2, 0.25) is 0 Å². The van der Waals surface area contributed by atoms with Crippen molar-refractivity contribution in [2.24, 2.45) is 0 Å². The molecule has 0 spiro atoms. The number of carbonyl (C=O) groups is 1. The lowest BCUT2D eigenvalue weighted by Gasteiger charge is -2.32. The molecule has 0 aliphatic carbocycles. The summed E-state index contributed by atoms with van der Waals surface area (Å²) in [5, 5.41) is 1.17. The number of rotatable bonds is 4. The van der Waals surface area contributed by atoms with Crippen LogP contribution in [-0.2, 0) is 11.3 Å². The Hall–Kier alpha value is -2.21. The molecule has 124 valence electrons. The van der Waals surface area contributed by atoms with E-state index < -0.39 is 0 Å². The summed E-state index contributed by atoms with van der Waals surface area (Å²) in [6.07, 6.45) is 8.10. The lowest BCUT2D eigenvalue weighted by atomic mass is 9.98. The molecule has 0 saturated carbocycles. The van der Waals surface area contributed by atoms with Gasteiger partial charge in [-0.3, -0.25) is 4.79 Å². The number of nitrogens with zero attached hydrogens (tertiary/aromatic N) is 4. The third kappa shape index (κ3) is 3.19. The molecule has 0 radical (unpaired) electrons. The zero-order valence-corrected chi connectivity index (χ0v) is 14.3. The Morgan fingerprint density at radius 2 is 2.25 bits per heavy atom. The van der Waals surface area contributed by atoms with Crippen LogP contribution < -0.4 is 0 Å². The molecule has 1 aliphatic rings. The van der Waals surface area contributed by atoms with Crippen LogP contribution in [0.4, 0.5) is 0 Å². The van der Waals surface area contributed by atoms with Crippen molar-refractivity contribution < 1.29 is 4.79 Å². The van der Waals surface area contributed by atoms with E-state index >= 15 is 0 Å². The van der Waals surface area contributed by atoms with Gasteiger partial charge < -0.3 is 9.47 Å². The number of benzene rings is 1. The molecule has 3 aromatic rings. The van der Waals surface area contributed by atoms with Crippen molar-refractivity contribution in [2.75, 3.05) is 13.1 Å². The van der Waals surface area contributed by atoms with Crippen molar-refractivity contribution >= 4 is 27.5 Å².